The Hall–Kier alpha value is -1.86. The normalized spacial score (nSPS) is 11.9. The molecular weight excluding hydrogens is 290 g/mol. The second kappa shape index (κ2) is 5.87. The molecule has 1 aromatic carbocycles. The van der Waals surface area contributed by atoms with Crippen LogP contribution >= 0.6 is 0 Å². The van der Waals surface area contributed by atoms with Gasteiger partial charge in [-0.3, -0.25) is 5.10 Å². The molecule has 0 aliphatic carbocycles. The van der Waals surface area contributed by atoms with Crippen molar-refractivity contribution in [2.24, 2.45) is 0 Å². The van der Waals surface area contributed by atoms with Crippen LogP contribution in [0.5, 0.6) is 5.75 Å². The average molecular weight is 309 g/mol. The maximum atomic E-state index is 12.5. The molecule has 1 N–H and O–H groups in total. The Balaban J connectivity index is 2.32. The SMILES string of the molecule is COc1ccc(C)cc1CN(C)S(=O)(=O)c1cn[nH]c1C. The van der Waals surface area contributed by atoms with Crippen molar-refractivity contribution in [2.45, 2.75) is 25.3 Å². The van der Waals surface area contributed by atoms with E-state index in [2.05, 4.69) is 10.2 Å². The number of aromatic amines is 1. The number of nitrogens with one attached hydrogen (secondary N) is 1. The summed E-state index contributed by atoms with van der Waals surface area (Å²) in [6.07, 6.45) is 1.33. The highest BCUT2D eigenvalue weighted by Gasteiger charge is 2.25. The first-order valence-corrected chi connectivity index (χ1v) is 7.90. The second-order valence-corrected chi connectivity index (χ2v) is 6.95. The summed E-state index contributed by atoms with van der Waals surface area (Å²) in [6, 6.07) is 5.69. The number of rotatable bonds is 5. The first kappa shape index (κ1) is 15.5. The van der Waals surface area contributed by atoms with Crippen LogP contribution in [0.3, 0.4) is 0 Å². The van der Waals surface area contributed by atoms with Crippen molar-refractivity contribution < 1.29 is 13.2 Å². The van der Waals surface area contributed by atoms with Gasteiger partial charge in [-0.2, -0.15) is 9.40 Å². The molecule has 0 aliphatic heterocycles. The number of nitrogens with zero attached hydrogens (tertiary/aromatic N) is 2. The minimum absolute atomic E-state index is 0.191. The minimum Gasteiger partial charge on any atom is -0.496 e. The zero-order chi connectivity index (χ0) is 15.6. The molecule has 0 radical (unpaired) electrons. The zero-order valence-corrected chi connectivity index (χ0v) is 13.4. The average Bonchev–Trinajstić information content (AvgIpc) is 2.86. The van der Waals surface area contributed by atoms with E-state index in [9.17, 15) is 8.42 Å². The Labute approximate surface area is 124 Å². The van der Waals surface area contributed by atoms with Gasteiger partial charge in [0.25, 0.3) is 0 Å². The summed E-state index contributed by atoms with van der Waals surface area (Å²) in [7, 11) is -0.461. The molecule has 0 aliphatic rings. The quantitative estimate of drug-likeness (QED) is 0.914. The molecular formula is C14H19N3O3S. The Morgan fingerprint density at radius 2 is 2.05 bits per heavy atom. The summed E-state index contributed by atoms with van der Waals surface area (Å²) in [6.45, 7) is 3.87. The van der Waals surface area contributed by atoms with Gasteiger partial charge >= 0.3 is 0 Å². The third-order valence-corrected chi connectivity index (χ3v) is 5.22. The number of methoxy groups -OCH3 is 1. The summed E-state index contributed by atoms with van der Waals surface area (Å²) in [4.78, 5) is 0.191. The topological polar surface area (TPSA) is 75.3 Å². The molecule has 114 valence electrons. The lowest BCUT2D eigenvalue weighted by Gasteiger charge is -2.18. The van der Waals surface area contributed by atoms with Gasteiger partial charge in [0.2, 0.25) is 10.0 Å². The minimum atomic E-state index is -3.58. The third kappa shape index (κ3) is 3.08. The Bertz CT molecular complexity index is 738. The van der Waals surface area contributed by atoms with Crippen LogP contribution in [-0.4, -0.2) is 37.1 Å². The molecule has 0 saturated heterocycles. The molecule has 1 aromatic heterocycles. The fraction of sp³-hybridized carbons (Fsp3) is 0.357. The van der Waals surface area contributed by atoms with E-state index >= 15 is 0 Å². The monoisotopic (exact) mass is 309 g/mol. The smallest absolute Gasteiger partial charge is 0.246 e. The number of aromatic nitrogens is 2. The van der Waals surface area contributed by atoms with E-state index in [0.29, 0.717) is 11.4 Å². The Morgan fingerprint density at radius 3 is 2.62 bits per heavy atom. The highest BCUT2D eigenvalue weighted by atomic mass is 32.2. The molecule has 0 atom stereocenters. The molecule has 7 heteroatoms. The molecule has 0 unspecified atom stereocenters. The fourth-order valence-electron chi connectivity index (χ4n) is 2.12. The van der Waals surface area contributed by atoms with Crippen LogP contribution in [-0.2, 0) is 16.6 Å². The van der Waals surface area contributed by atoms with Crippen molar-refractivity contribution in [3.05, 3.63) is 41.2 Å². The first-order valence-electron chi connectivity index (χ1n) is 6.46. The molecule has 0 amide bonds. The number of ether oxygens (including phenoxy) is 1. The summed E-state index contributed by atoms with van der Waals surface area (Å²) >= 11 is 0. The van der Waals surface area contributed by atoms with Crippen LogP contribution in [0, 0.1) is 13.8 Å². The summed E-state index contributed by atoms with van der Waals surface area (Å²) in [5.41, 5.74) is 2.40. The molecule has 1 heterocycles. The largest absolute Gasteiger partial charge is 0.496 e. The van der Waals surface area contributed by atoms with Crippen LogP contribution in [0.15, 0.2) is 29.3 Å². The lowest BCUT2D eigenvalue weighted by molar-refractivity contribution is 0.398. The third-order valence-electron chi connectivity index (χ3n) is 3.30. The molecule has 6 nitrogen and oxygen atoms in total. The molecule has 0 bridgehead atoms. The molecule has 21 heavy (non-hydrogen) atoms. The fourth-order valence-corrected chi connectivity index (χ4v) is 3.39. The summed E-state index contributed by atoms with van der Waals surface area (Å²) < 4.78 is 31.6. The van der Waals surface area contributed by atoms with E-state index in [-0.39, 0.29) is 11.4 Å². The standard InChI is InChI=1S/C14H19N3O3S/c1-10-5-6-13(20-4)12(7-10)9-17(3)21(18,19)14-8-15-16-11(14)2/h5-8H,9H2,1-4H3,(H,15,16). The lowest BCUT2D eigenvalue weighted by atomic mass is 10.1. The number of sulfonamides is 1. The lowest BCUT2D eigenvalue weighted by Crippen LogP contribution is -2.27. The molecule has 2 rings (SSSR count). The van der Waals surface area contributed by atoms with Gasteiger partial charge in [0, 0.05) is 19.2 Å². The predicted octanol–water partition coefficient (Wildman–Crippen LogP) is 1.86. The zero-order valence-electron chi connectivity index (χ0n) is 12.5. The van der Waals surface area contributed by atoms with Gasteiger partial charge in [-0.1, -0.05) is 17.7 Å². The van der Waals surface area contributed by atoms with Crippen molar-refractivity contribution in [1.82, 2.24) is 14.5 Å². The molecule has 0 saturated carbocycles. The van der Waals surface area contributed by atoms with Crippen molar-refractivity contribution in [3.8, 4) is 5.75 Å². The van der Waals surface area contributed by atoms with Crippen molar-refractivity contribution in [3.63, 3.8) is 0 Å². The maximum Gasteiger partial charge on any atom is 0.246 e. The number of hydrogen-bond donors (Lipinski definition) is 1. The van der Waals surface area contributed by atoms with Gasteiger partial charge < -0.3 is 4.74 Å². The highest BCUT2D eigenvalue weighted by Crippen LogP contribution is 2.24. The van der Waals surface area contributed by atoms with Gasteiger partial charge in [-0.15, -0.1) is 0 Å². The van der Waals surface area contributed by atoms with E-state index in [1.54, 1.807) is 21.1 Å². The Morgan fingerprint density at radius 1 is 1.33 bits per heavy atom. The van der Waals surface area contributed by atoms with Gasteiger partial charge in [-0.05, 0) is 19.9 Å². The number of benzene rings is 1. The highest BCUT2D eigenvalue weighted by molar-refractivity contribution is 7.89. The maximum absolute atomic E-state index is 12.5. The van der Waals surface area contributed by atoms with Crippen LogP contribution in [0.1, 0.15) is 16.8 Å². The molecule has 2 aromatic rings. The predicted molar refractivity (Wildman–Crippen MR) is 79.7 cm³/mol. The van der Waals surface area contributed by atoms with Crippen LogP contribution < -0.4 is 4.74 Å². The Kier molecular flexibility index (Phi) is 4.34. The second-order valence-electron chi connectivity index (χ2n) is 4.94. The molecule has 0 spiro atoms. The van der Waals surface area contributed by atoms with Gasteiger partial charge in [-0.25, -0.2) is 8.42 Å². The van der Waals surface area contributed by atoms with Crippen molar-refractivity contribution in [1.29, 1.82) is 0 Å². The number of hydrogen-bond acceptors (Lipinski definition) is 4. The van der Waals surface area contributed by atoms with Crippen LogP contribution in [0.4, 0.5) is 0 Å². The van der Waals surface area contributed by atoms with Gasteiger partial charge in [0.05, 0.1) is 19.0 Å². The van der Waals surface area contributed by atoms with E-state index < -0.39 is 10.0 Å². The van der Waals surface area contributed by atoms with Gasteiger partial charge in [0.1, 0.15) is 10.6 Å². The van der Waals surface area contributed by atoms with Crippen molar-refractivity contribution >= 4 is 10.0 Å². The van der Waals surface area contributed by atoms with E-state index in [1.165, 1.54) is 10.5 Å². The van der Waals surface area contributed by atoms with Crippen LogP contribution in [0.25, 0.3) is 0 Å². The number of aryl methyl sites for hydroxylation is 2. The van der Waals surface area contributed by atoms with Crippen LogP contribution in [0.2, 0.25) is 0 Å². The van der Waals surface area contributed by atoms with Gasteiger partial charge in [0.15, 0.2) is 0 Å². The van der Waals surface area contributed by atoms with E-state index in [4.69, 9.17) is 4.74 Å². The summed E-state index contributed by atoms with van der Waals surface area (Å²) in [5.74, 6) is 0.673. The summed E-state index contributed by atoms with van der Waals surface area (Å²) in [5, 5.41) is 6.41. The van der Waals surface area contributed by atoms with Crippen molar-refractivity contribution in [2.75, 3.05) is 14.2 Å². The molecule has 0 fully saturated rings. The van der Waals surface area contributed by atoms with E-state index in [1.807, 2.05) is 25.1 Å². The first-order chi connectivity index (χ1) is 9.86. The number of H-pyrrole nitrogens is 1. The van der Waals surface area contributed by atoms with E-state index in [0.717, 1.165) is 11.1 Å².